The number of hydrogen-bond donors (Lipinski definition) is 3. The number of halogens is 1. The van der Waals surface area contributed by atoms with Crippen LogP contribution in [0.1, 0.15) is 25.3 Å². The largest absolute Gasteiger partial charge is 0.466 e. The molecule has 2 heterocycles. The van der Waals surface area contributed by atoms with Crippen molar-refractivity contribution in [3.05, 3.63) is 64.8 Å². The summed E-state index contributed by atoms with van der Waals surface area (Å²) in [7, 11) is 0. The summed E-state index contributed by atoms with van der Waals surface area (Å²) in [5.74, 6) is -0.565. The molecule has 0 saturated carbocycles. The van der Waals surface area contributed by atoms with Gasteiger partial charge >= 0.3 is 12.0 Å². The van der Waals surface area contributed by atoms with Crippen molar-refractivity contribution in [1.29, 1.82) is 0 Å². The van der Waals surface area contributed by atoms with Crippen molar-refractivity contribution in [2.45, 2.75) is 32.2 Å². The van der Waals surface area contributed by atoms with Crippen molar-refractivity contribution in [1.82, 2.24) is 15.2 Å². The van der Waals surface area contributed by atoms with E-state index >= 15 is 0 Å². The molecule has 0 spiro atoms. The average Bonchev–Trinajstić information content (AvgIpc) is 3.27. The number of benzene rings is 2. The van der Waals surface area contributed by atoms with Gasteiger partial charge in [0.1, 0.15) is 6.04 Å². The van der Waals surface area contributed by atoms with Crippen LogP contribution in [0.3, 0.4) is 0 Å². The molecule has 35 heavy (non-hydrogen) atoms. The van der Waals surface area contributed by atoms with Gasteiger partial charge in [0.2, 0.25) is 5.91 Å². The Labute approximate surface area is 212 Å². The van der Waals surface area contributed by atoms with Crippen LogP contribution in [0.25, 0.3) is 10.9 Å². The van der Waals surface area contributed by atoms with Gasteiger partial charge in [0.25, 0.3) is 0 Å². The van der Waals surface area contributed by atoms with E-state index in [0.717, 1.165) is 20.9 Å². The topological polar surface area (TPSA) is 104 Å². The van der Waals surface area contributed by atoms with Crippen molar-refractivity contribution in [3.63, 3.8) is 0 Å². The fourth-order valence-electron chi connectivity index (χ4n) is 4.40. The minimum atomic E-state index is -0.760. The average molecular weight is 541 g/mol. The lowest BCUT2D eigenvalue weighted by atomic mass is 9.95. The third-order valence-corrected chi connectivity index (χ3v) is 6.76. The Morgan fingerprint density at radius 1 is 1.11 bits per heavy atom. The highest BCUT2D eigenvalue weighted by Crippen LogP contribution is 2.23. The number of piperidine rings is 1. The summed E-state index contributed by atoms with van der Waals surface area (Å²) in [6, 6.07) is 13.9. The molecule has 3 N–H and O–H groups in total. The summed E-state index contributed by atoms with van der Waals surface area (Å²) in [5.41, 5.74) is 2.55. The summed E-state index contributed by atoms with van der Waals surface area (Å²) in [5, 5.41) is 6.69. The van der Waals surface area contributed by atoms with Gasteiger partial charge in [-0.05, 0) is 55.7 Å². The summed E-state index contributed by atoms with van der Waals surface area (Å²) in [6.45, 7) is 3.03. The van der Waals surface area contributed by atoms with Gasteiger partial charge in [-0.2, -0.15) is 0 Å². The number of rotatable bonds is 7. The normalized spacial score (nSPS) is 15.0. The smallest absolute Gasteiger partial charge is 0.319 e. The van der Waals surface area contributed by atoms with Crippen LogP contribution in [0.5, 0.6) is 0 Å². The van der Waals surface area contributed by atoms with E-state index in [4.69, 9.17) is 4.74 Å². The molecule has 1 aromatic heterocycles. The predicted octanol–water partition coefficient (Wildman–Crippen LogP) is 4.46. The predicted molar refractivity (Wildman–Crippen MR) is 138 cm³/mol. The van der Waals surface area contributed by atoms with Crippen molar-refractivity contribution in [2.24, 2.45) is 5.92 Å². The molecule has 9 heteroatoms. The van der Waals surface area contributed by atoms with Crippen LogP contribution in [-0.2, 0) is 20.7 Å². The number of likely N-dealkylation sites (tertiary alicyclic amines) is 1. The number of H-pyrrole nitrogens is 1. The van der Waals surface area contributed by atoms with E-state index in [9.17, 15) is 14.4 Å². The van der Waals surface area contributed by atoms with E-state index in [1.807, 2.05) is 42.6 Å². The number of hydrogen-bond acceptors (Lipinski definition) is 4. The Hall–Kier alpha value is -3.33. The summed E-state index contributed by atoms with van der Waals surface area (Å²) >= 11 is 3.38. The number of aromatic amines is 1. The van der Waals surface area contributed by atoms with Gasteiger partial charge in [-0.25, -0.2) is 4.79 Å². The van der Waals surface area contributed by atoms with Crippen molar-refractivity contribution >= 4 is 50.4 Å². The van der Waals surface area contributed by atoms with E-state index in [1.165, 1.54) is 0 Å². The zero-order chi connectivity index (χ0) is 24.8. The molecule has 0 radical (unpaired) electrons. The first kappa shape index (κ1) is 24.8. The number of amides is 3. The van der Waals surface area contributed by atoms with Gasteiger partial charge in [0, 0.05) is 46.8 Å². The second-order valence-corrected chi connectivity index (χ2v) is 9.49. The third-order valence-electron chi connectivity index (χ3n) is 6.23. The number of para-hydroxylation sites is 1. The molecule has 1 aliphatic rings. The zero-order valence-corrected chi connectivity index (χ0v) is 21.1. The van der Waals surface area contributed by atoms with Crippen LogP contribution in [0, 0.1) is 5.92 Å². The maximum atomic E-state index is 13.5. The highest BCUT2D eigenvalue weighted by Gasteiger charge is 2.32. The van der Waals surface area contributed by atoms with Crippen LogP contribution in [0.4, 0.5) is 10.5 Å². The molecule has 184 valence electrons. The number of fused-ring (bicyclic) bond motifs is 1. The Morgan fingerprint density at radius 3 is 2.54 bits per heavy atom. The Bertz CT molecular complexity index is 1190. The standard InChI is InChI=1S/C26H29BrN4O4/c1-2-35-25(33)17-11-13-31(14-12-17)24(32)23(15-18-16-28-22-6-4-3-5-21(18)22)30-26(34)29-20-9-7-19(27)8-10-20/h3-10,16-17,23,28H,2,11-15H2,1H3,(H2,29,30,34)/t23-/m0/s1. The maximum Gasteiger partial charge on any atom is 0.319 e. The number of nitrogens with zero attached hydrogens (tertiary/aromatic N) is 1. The number of aromatic nitrogens is 1. The molecule has 0 aliphatic carbocycles. The van der Waals surface area contributed by atoms with E-state index in [-0.39, 0.29) is 17.8 Å². The maximum absolute atomic E-state index is 13.5. The van der Waals surface area contributed by atoms with Crippen LogP contribution in [0.15, 0.2) is 59.2 Å². The first-order valence-electron chi connectivity index (χ1n) is 11.8. The van der Waals surface area contributed by atoms with Gasteiger partial charge < -0.3 is 25.3 Å². The van der Waals surface area contributed by atoms with E-state index in [1.54, 1.807) is 24.0 Å². The van der Waals surface area contributed by atoms with Crippen LogP contribution in [-0.4, -0.2) is 53.5 Å². The number of carbonyl (C=O) groups excluding carboxylic acids is 3. The van der Waals surface area contributed by atoms with Crippen molar-refractivity contribution < 1.29 is 19.1 Å². The Balaban J connectivity index is 1.48. The fraction of sp³-hybridized carbons (Fsp3) is 0.346. The highest BCUT2D eigenvalue weighted by molar-refractivity contribution is 9.10. The molecule has 0 unspecified atom stereocenters. The first-order chi connectivity index (χ1) is 16.9. The number of anilines is 1. The summed E-state index contributed by atoms with van der Waals surface area (Å²) in [6.07, 6.45) is 3.32. The van der Waals surface area contributed by atoms with Gasteiger partial charge in [0.15, 0.2) is 0 Å². The van der Waals surface area contributed by atoms with Crippen molar-refractivity contribution in [2.75, 3.05) is 25.0 Å². The molecule has 3 amide bonds. The number of ether oxygens (including phenoxy) is 1. The molecule has 1 fully saturated rings. The van der Waals surface area contributed by atoms with Gasteiger partial charge in [-0.1, -0.05) is 34.1 Å². The summed E-state index contributed by atoms with van der Waals surface area (Å²) < 4.78 is 6.04. The number of esters is 1. The van der Waals surface area contributed by atoms with Crippen LogP contribution in [0.2, 0.25) is 0 Å². The minimum absolute atomic E-state index is 0.163. The molecule has 1 aliphatic heterocycles. The first-order valence-corrected chi connectivity index (χ1v) is 12.6. The molecular weight excluding hydrogens is 512 g/mol. The minimum Gasteiger partial charge on any atom is -0.466 e. The molecule has 1 saturated heterocycles. The number of urea groups is 1. The molecule has 3 aromatic rings. The summed E-state index contributed by atoms with van der Waals surface area (Å²) in [4.78, 5) is 43.4. The number of nitrogens with one attached hydrogen (secondary N) is 3. The molecular formula is C26H29BrN4O4. The van der Waals surface area contributed by atoms with Crippen molar-refractivity contribution in [3.8, 4) is 0 Å². The second-order valence-electron chi connectivity index (χ2n) is 8.57. The molecule has 8 nitrogen and oxygen atoms in total. The van der Waals surface area contributed by atoms with E-state index < -0.39 is 12.1 Å². The highest BCUT2D eigenvalue weighted by atomic mass is 79.9. The SMILES string of the molecule is CCOC(=O)C1CCN(C(=O)[C@H](Cc2c[nH]c3ccccc23)NC(=O)Nc2ccc(Br)cc2)CC1. The quantitative estimate of drug-likeness (QED) is 0.384. The molecule has 4 rings (SSSR count). The monoisotopic (exact) mass is 540 g/mol. The Kier molecular flexibility index (Phi) is 8.07. The lowest BCUT2D eigenvalue weighted by Crippen LogP contribution is -2.53. The zero-order valence-electron chi connectivity index (χ0n) is 19.6. The molecule has 0 bridgehead atoms. The van der Waals surface area contributed by atoms with Gasteiger partial charge in [-0.3, -0.25) is 9.59 Å². The lowest BCUT2D eigenvalue weighted by Gasteiger charge is -2.33. The van der Waals surface area contributed by atoms with E-state index in [2.05, 4.69) is 31.5 Å². The Morgan fingerprint density at radius 2 is 1.83 bits per heavy atom. The number of carbonyl (C=O) groups is 3. The fourth-order valence-corrected chi connectivity index (χ4v) is 4.66. The second kappa shape index (κ2) is 11.4. The molecule has 1 atom stereocenters. The molecule has 2 aromatic carbocycles. The lowest BCUT2D eigenvalue weighted by molar-refractivity contribution is -0.151. The van der Waals surface area contributed by atoms with E-state index in [0.29, 0.717) is 44.6 Å². The van der Waals surface area contributed by atoms with Gasteiger partial charge in [0.05, 0.1) is 12.5 Å². The van der Waals surface area contributed by atoms with Crippen LogP contribution >= 0.6 is 15.9 Å². The van der Waals surface area contributed by atoms with Crippen LogP contribution < -0.4 is 10.6 Å². The van der Waals surface area contributed by atoms with Gasteiger partial charge in [-0.15, -0.1) is 0 Å². The third kappa shape index (κ3) is 6.22.